The Morgan fingerprint density at radius 1 is 1.08 bits per heavy atom. The van der Waals surface area contributed by atoms with Crippen LogP contribution in [0, 0.1) is 0 Å². The number of hydrogen-bond donors (Lipinski definition) is 1. The summed E-state index contributed by atoms with van der Waals surface area (Å²) in [6.07, 6.45) is 0.375. The summed E-state index contributed by atoms with van der Waals surface area (Å²) in [5.41, 5.74) is -0.0410. The Morgan fingerprint density at radius 2 is 1.73 bits per heavy atom. The lowest BCUT2D eigenvalue weighted by atomic mass is 9.87. The number of ether oxygens (including phenoxy) is 1. The van der Waals surface area contributed by atoms with Crippen molar-refractivity contribution >= 4 is 17.7 Å². The fourth-order valence-corrected chi connectivity index (χ4v) is 3.14. The number of amides is 3. The maximum absolute atomic E-state index is 13.0. The van der Waals surface area contributed by atoms with Crippen molar-refractivity contribution in [1.82, 2.24) is 10.2 Å². The van der Waals surface area contributed by atoms with Gasteiger partial charge >= 0.3 is 6.03 Å². The van der Waals surface area contributed by atoms with Crippen LogP contribution < -0.4 is 10.1 Å². The van der Waals surface area contributed by atoms with Crippen molar-refractivity contribution in [3.63, 3.8) is 0 Å². The highest BCUT2D eigenvalue weighted by molar-refractivity contribution is 6.11. The number of benzene rings is 2. The summed E-state index contributed by atoms with van der Waals surface area (Å²) in [7, 11) is 1.56. The van der Waals surface area contributed by atoms with Gasteiger partial charge in [-0.15, -0.1) is 0 Å². The molecule has 134 valence electrons. The van der Waals surface area contributed by atoms with Gasteiger partial charge in [-0.1, -0.05) is 49.4 Å². The zero-order chi connectivity index (χ0) is 18.7. The van der Waals surface area contributed by atoms with Gasteiger partial charge in [-0.2, -0.15) is 0 Å². The molecule has 1 heterocycles. The highest BCUT2D eigenvalue weighted by Gasteiger charge is 2.51. The van der Waals surface area contributed by atoms with Crippen LogP contribution in [0.4, 0.5) is 4.79 Å². The van der Waals surface area contributed by atoms with Gasteiger partial charge in [0.1, 0.15) is 11.3 Å². The second-order valence-electron chi connectivity index (χ2n) is 6.10. The van der Waals surface area contributed by atoms with Gasteiger partial charge in [0.25, 0.3) is 5.91 Å². The molecule has 0 radical (unpaired) electrons. The average molecular weight is 352 g/mol. The van der Waals surface area contributed by atoms with Crippen molar-refractivity contribution in [3.8, 4) is 5.75 Å². The van der Waals surface area contributed by atoms with Crippen LogP contribution in [0.1, 0.15) is 29.3 Å². The molecule has 26 heavy (non-hydrogen) atoms. The first kappa shape index (κ1) is 17.7. The summed E-state index contributed by atoms with van der Waals surface area (Å²) < 4.78 is 5.14. The molecule has 0 aliphatic carbocycles. The number of nitrogens with one attached hydrogen (secondary N) is 1. The molecule has 0 saturated carbocycles. The molecule has 2 aromatic rings. The molecule has 0 aromatic heterocycles. The number of rotatable bonds is 6. The van der Waals surface area contributed by atoms with Crippen LogP contribution in [-0.4, -0.2) is 36.3 Å². The van der Waals surface area contributed by atoms with Gasteiger partial charge in [0.15, 0.2) is 5.78 Å². The zero-order valence-electron chi connectivity index (χ0n) is 14.7. The van der Waals surface area contributed by atoms with Crippen LogP contribution in [0.15, 0.2) is 54.6 Å². The first-order chi connectivity index (χ1) is 12.5. The van der Waals surface area contributed by atoms with Crippen molar-refractivity contribution in [2.24, 2.45) is 0 Å². The van der Waals surface area contributed by atoms with Crippen LogP contribution in [0.2, 0.25) is 0 Å². The molecule has 1 atom stereocenters. The Bertz CT molecular complexity index is 833. The Kier molecular flexibility index (Phi) is 4.75. The molecule has 6 heteroatoms. The van der Waals surface area contributed by atoms with E-state index in [0.29, 0.717) is 23.3 Å². The van der Waals surface area contributed by atoms with Crippen LogP contribution in [0.25, 0.3) is 0 Å². The van der Waals surface area contributed by atoms with E-state index in [4.69, 9.17) is 4.74 Å². The molecule has 3 amide bonds. The van der Waals surface area contributed by atoms with E-state index >= 15 is 0 Å². The average Bonchev–Trinajstić information content (AvgIpc) is 2.93. The summed E-state index contributed by atoms with van der Waals surface area (Å²) >= 11 is 0. The number of ketones is 1. The summed E-state index contributed by atoms with van der Waals surface area (Å²) in [4.78, 5) is 38.9. The van der Waals surface area contributed by atoms with Gasteiger partial charge in [-0.3, -0.25) is 14.5 Å². The number of carbonyl (C=O) groups is 3. The van der Waals surface area contributed by atoms with Gasteiger partial charge < -0.3 is 10.1 Å². The van der Waals surface area contributed by atoms with Crippen molar-refractivity contribution in [1.29, 1.82) is 0 Å². The lowest BCUT2D eigenvalue weighted by Gasteiger charge is -2.26. The fourth-order valence-electron chi connectivity index (χ4n) is 3.14. The molecule has 6 nitrogen and oxygen atoms in total. The monoisotopic (exact) mass is 352 g/mol. The van der Waals surface area contributed by atoms with Crippen LogP contribution in [-0.2, 0) is 10.3 Å². The Balaban J connectivity index is 1.87. The van der Waals surface area contributed by atoms with Gasteiger partial charge in [-0.25, -0.2) is 4.79 Å². The lowest BCUT2D eigenvalue weighted by molar-refractivity contribution is -0.131. The second kappa shape index (κ2) is 7.00. The first-order valence-electron chi connectivity index (χ1n) is 8.38. The molecule has 1 aliphatic rings. The number of nitrogens with zero attached hydrogens (tertiary/aromatic N) is 1. The molecule has 1 saturated heterocycles. The molecule has 2 aromatic carbocycles. The molecule has 0 bridgehead atoms. The van der Waals surface area contributed by atoms with Crippen molar-refractivity contribution < 1.29 is 19.1 Å². The maximum Gasteiger partial charge on any atom is 0.325 e. The Labute approximate surface area is 151 Å². The molecule has 1 aliphatic heterocycles. The van der Waals surface area contributed by atoms with Gasteiger partial charge in [0, 0.05) is 5.56 Å². The Hall–Kier alpha value is -3.15. The minimum absolute atomic E-state index is 0.282. The van der Waals surface area contributed by atoms with E-state index in [0.717, 1.165) is 4.90 Å². The van der Waals surface area contributed by atoms with Crippen molar-refractivity contribution in [3.05, 3.63) is 65.7 Å². The zero-order valence-corrected chi connectivity index (χ0v) is 14.7. The number of hydrogen-bond acceptors (Lipinski definition) is 4. The van der Waals surface area contributed by atoms with E-state index in [1.807, 2.05) is 6.92 Å². The van der Waals surface area contributed by atoms with E-state index in [-0.39, 0.29) is 12.3 Å². The molecular weight excluding hydrogens is 332 g/mol. The minimum atomic E-state index is -1.17. The molecule has 1 N–H and O–H groups in total. The minimum Gasteiger partial charge on any atom is -0.497 e. The summed E-state index contributed by atoms with van der Waals surface area (Å²) in [5.74, 6) is -0.0388. The van der Waals surface area contributed by atoms with Crippen molar-refractivity contribution in [2.75, 3.05) is 13.7 Å². The number of urea groups is 1. The summed E-state index contributed by atoms with van der Waals surface area (Å²) in [6, 6.07) is 15.0. The molecule has 0 spiro atoms. The van der Waals surface area contributed by atoms with Crippen LogP contribution in [0.5, 0.6) is 5.75 Å². The molecule has 3 rings (SSSR count). The van der Waals surface area contributed by atoms with Gasteiger partial charge in [-0.05, 0) is 24.1 Å². The number of methoxy groups -OCH3 is 1. The van der Waals surface area contributed by atoms with Crippen LogP contribution >= 0.6 is 0 Å². The normalized spacial score (nSPS) is 19.4. The van der Waals surface area contributed by atoms with E-state index < -0.39 is 17.5 Å². The predicted molar refractivity (Wildman–Crippen MR) is 96.0 cm³/mol. The second-order valence-corrected chi connectivity index (χ2v) is 6.10. The van der Waals surface area contributed by atoms with Gasteiger partial charge in [0.2, 0.25) is 0 Å². The highest BCUT2D eigenvalue weighted by Crippen LogP contribution is 2.33. The van der Waals surface area contributed by atoms with E-state index in [9.17, 15) is 14.4 Å². The predicted octanol–water partition coefficient (Wildman–Crippen LogP) is 2.74. The van der Waals surface area contributed by atoms with E-state index in [1.165, 1.54) is 0 Å². The first-order valence-corrected chi connectivity index (χ1v) is 8.38. The number of carbonyl (C=O) groups excluding carboxylic acids is 3. The fraction of sp³-hybridized carbons (Fsp3) is 0.250. The van der Waals surface area contributed by atoms with Crippen LogP contribution in [0.3, 0.4) is 0 Å². The number of Topliss-reactive ketones (excluding diaryl/α,β-unsaturated/α-hetero) is 1. The van der Waals surface area contributed by atoms with Crippen molar-refractivity contribution in [2.45, 2.75) is 18.9 Å². The SMILES string of the molecule is CCC1(c2ccc(OC)cc2)NC(=O)N(CC(=O)c2ccccc2)C1=O. The third-order valence-electron chi connectivity index (χ3n) is 4.69. The maximum atomic E-state index is 13.0. The largest absolute Gasteiger partial charge is 0.497 e. The third kappa shape index (κ3) is 2.94. The van der Waals surface area contributed by atoms with Gasteiger partial charge in [0.05, 0.1) is 13.7 Å². The lowest BCUT2D eigenvalue weighted by Crippen LogP contribution is -2.43. The summed E-state index contributed by atoms with van der Waals surface area (Å²) in [5, 5.41) is 2.77. The Morgan fingerprint density at radius 3 is 2.31 bits per heavy atom. The highest BCUT2D eigenvalue weighted by atomic mass is 16.5. The number of imide groups is 1. The van der Waals surface area contributed by atoms with E-state index in [1.54, 1.807) is 61.7 Å². The molecular formula is C20H20N2O4. The molecule has 1 unspecified atom stereocenters. The summed E-state index contributed by atoms with van der Waals surface area (Å²) in [6.45, 7) is 1.54. The standard InChI is InChI=1S/C20H20N2O4/c1-3-20(15-9-11-16(26-2)12-10-15)18(24)22(19(25)21-20)13-17(23)14-7-5-4-6-8-14/h4-12H,3,13H2,1-2H3,(H,21,25). The van der Waals surface area contributed by atoms with E-state index in [2.05, 4.69) is 5.32 Å². The third-order valence-corrected chi connectivity index (χ3v) is 4.69. The quantitative estimate of drug-likeness (QED) is 0.641. The topological polar surface area (TPSA) is 75.7 Å². The smallest absolute Gasteiger partial charge is 0.325 e. The molecule has 1 fully saturated rings.